The molecule has 1 aromatic heterocycles. The zero-order valence-corrected chi connectivity index (χ0v) is 20.6. The third kappa shape index (κ3) is 5.54. The Bertz CT molecular complexity index is 1010. The first kappa shape index (κ1) is 24.3. The molecule has 0 aliphatic heterocycles. The Balaban J connectivity index is 1.79. The van der Waals surface area contributed by atoms with Gasteiger partial charge in [-0.1, -0.05) is 11.6 Å². The predicted molar refractivity (Wildman–Crippen MR) is 132 cm³/mol. The summed E-state index contributed by atoms with van der Waals surface area (Å²) >= 11 is 6.46. The standard InChI is InChI=1S/C25H35ClN4O2/c1-6-30(21-9-7-20(8-10-21)29(4)5)23-13-19(26)12-22(17(23)3)25(32)28-15-18-14-27-16(2)11-24(18)31/h11-14,20-21H,6-10,15H2,1-5H3,(H,27,31)(H,28,32). The average Bonchev–Trinajstić information content (AvgIpc) is 2.76. The average molecular weight is 459 g/mol. The van der Waals surface area contributed by atoms with E-state index < -0.39 is 0 Å². The quantitative estimate of drug-likeness (QED) is 0.650. The summed E-state index contributed by atoms with van der Waals surface area (Å²) in [7, 11) is 4.30. The Morgan fingerprint density at radius 1 is 1.12 bits per heavy atom. The lowest BCUT2D eigenvalue weighted by atomic mass is 9.89. The van der Waals surface area contributed by atoms with Gasteiger partial charge in [-0.15, -0.1) is 0 Å². The van der Waals surface area contributed by atoms with E-state index in [2.05, 4.69) is 41.1 Å². The van der Waals surface area contributed by atoms with E-state index in [1.165, 1.54) is 18.9 Å². The first-order valence-electron chi connectivity index (χ1n) is 11.4. The molecule has 2 aromatic rings. The molecule has 3 rings (SSSR count). The van der Waals surface area contributed by atoms with Crippen LogP contribution >= 0.6 is 11.6 Å². The van der Waals surface area contributed by atoms with E-state index in [4.69, 9.17) is 11.6 Å². The lowest BCUT2D eigenvalue weighted by Crippen LogP contribution is -2.42. The summed E-state index contributed by atoms with van der Waals surface area (Å²) in [5.74, 6) is -0.224. The molecule has 0 radical (unpaired) electrons. The molecule has 1 aliphatic carbocycles. The fourth-order valence-electron chi connectivity index (χ4n) is 4.72. The van der Waals surface area contributed by atoms with Crippen LogP contribution in [0.2, 0.25) is 5.02 Å². The van der Waals surface area contributed by atoms with Gasteiger partial charge in [0.2, 0.25) is 0 Å². The zero-order valence-electron chi connectivity index (χ0n) is 19.8. The number of aryl methyl sites for hydroxylation is 1. The third-order valence-electron chi connectivity index (χ3n) is 6.65. The fraction of sp³-hybridized carbons (Fsp3) is 0.520. The van der Waals surface area contributed by atoms with Gasteiger partial charge in [-0.05, 0) is 78.2 Å². The van der Waals surface area contributed by atoms with Crippen molar-refractivity contribution in [3.63, 3.8) is 0 Å². The summed E-state index contributed by atoms with van der Waals surface area (Å²) in [6, 6.07) is 6.30. The number of halogens is 1. The molecule has 7 heteroatoms. The SMILES string of the molecule is CCN(c1cc(Cl)cc(C(=O)NCc2c[nH]c(C)cc2=O)c1C)C1CCC(N(C)C)CC1. The first-order chi connectivity index (χ1) is 15.2. The second kappa shape index (κ2) is 10.5. The summed E-state index contributed by atoms with van der Waals surface area (Å²) in [5, 5.41) is 3.43. The molecule has 0 spiro atoms. The van der Waals surface area contributed by atoms with Gasteiger partial charge in [0, 0.05) is 65.0 Å². The van der Waals surface area contributed by atoms with Gasteiger partial charge in [-0.25, -0.2) is 0 Å². The van der Waals surface area contributed by atoms with E-state index in [9.17, 15) is 9.59 Å². The highest BCUT2D eigenvalue weighted by Gasteiger charge is 2.28. The molecule has 1 aliphatic rings. The Hall–Kier alpha value is -2.31. The van der Waals surface area contributed by atoms with Crippen molar-refractivity contribution < 1.29 is 4.79 Å². The van der Waals surface area contributed by atoms with E-state index >= 15 is 0 Å². The number of aromatic nitrogens is 1. The molecule has 1 aromatic carbocycles. The van der Waals surface area contributed by atoms with Gasteiger partial charge < -0.3 is 20.1 Å². The number of aromatic amines is 1. The smallest absolute Gasteiger partial charge is 0.251 e. The lowest BCUT2D eigenvalue weighted by molar-refractivity contribution is 0.0950. The number of nitrogens with one attached hydrogen (secondary N) is 2. The minimum absolute atomic E-state index is 0.0875. The molecule has 1 fully saturated rings. The van der Waals surface area contributed by atoms with Gasteiger partial charge in [-0.2, -0.15) is 0 Å². The Morgan fingerprint density at radius 2 is 1.78 bits per heavy atom. The highest BCUT2D eigenvalue weighted by Crippen LogP contribution is 2.34. The maximum atomic E-state index is 13.0. The van der Waals surface area contributed by atoms with Gasteiger partial charge in [0.05, 0.1) is 0 Å². The van der Waals surface area contributed by atoms with E-state index in [0.29, 0.717) is 28.2 Å². The summed E-state index contributed by atoms with van der Waals surface area (Å²) in [6.45, 7) is 6.99. The van der Waals surface area contributed by atoms with Crippen molar-refractivity contribution >= 4 is 23.2 Å². The molecule has 32 heavy (non-hydrogen) atoms. The molecular weight excluding hydrogens is 424 g/mol. The van der Waals surface area contributed by atoms with Crippen molar-refractivity contribution in [3.8, 4) is 0 Å². The molecule has 0 saturated heterocycles. The number of anilines is 1. The number of carbonyl (C=O) groups is 1. The van der Waals surface area contributed by atoms with Crippen LogP contribution in [0.3, 0.4) is 0 Å². The molecule has 0 atom stereocenters. The van der Waals surface area contributed by atoms with Crippen molar-refractivity contribution in [1.29, 1.82) is 0 Å². The molecule has 0 bridgehead atoms. The molecule has 1 saturated carbocycles. The Kier molecular flexibility index (Phi) is 8.01. The maximum absolute atomic E-state index is 13.0. The summed E-state index contributed by atoms with van der Waals surface area (Å²) in [6.07, 6.45) is 6.25. The summed E-state index contributed by atoms with van der Waals surface area (Å²) < 4.78 is 0. The maximum Gasteiger partial charge on any atom is 0.251 e. The molecule has 6 nitrogen and oxygen atoms in total. The number of carbonyl (C=O) groups excluding carboxylic acids is 1. The normalized spacial score (nSPS) is 18.6. The molecule has 0 unspecified atom stereocenters. The van der Waals surface area contributed by atoms with Crippen LogP contribution in [0, 0.1) is 13.8 Å². The van der Waals surface area contributed by atoms with Crippen molar-refractivity contribution in [2.45, 2.75) is 65.1 Å². The molecule has 2 N–H and O–H groups in total. The van der Waals surface area contributed by atoms with Crippen molar-refractivity contribution in [2.75, 3.05) is 25.5 Å². The second-order valence-corrected chi connectivity index (χ2v) is 9.43. The number of pyridine rings is 1. The molecule has 1 amide bonds. The highest BCUT2D eigenvalue weighted by atomic mass is 35.5. The topological polar surface area (TPSA) is 68.4 Å². The largest absolute Gasteiger partial charge is 0.369 e. The van der Waals surface area contributed by atoms with Gasteiger partial charge in [0.1, 0.15) is 0 Å². The third-order valence-corrected chi connectivity index (χ3v) is 6.87. The fourth-order valence-corrected chi connectivity index (χ4v) is 4.93. The van der Waals surface area contributed by atoms with Gasteiger partial charge in [0.15, 0.2) is 5.43 Å². The zero-order chi connectivity index (χ0) is 23.4. The lowest BCUT2D eigenvalue weighted by Gasteiger charge is -2.40. The predicted octanol–water partition coefficient (Wildman–Crippen LogP) is 4.27. The molecule has 1 heterocycles. The minimum atomic E-state index is -0.224. The van der Waals surface area contributed by atoms with Crippen LogP contribution < -0.4 is 15.6 Å². The van der Waals surface area contributed by atoms with Crippen LogP contribution in [0.25, 0.3) is 0 Å². The Labute approximate surface area is 196 Å². The van der Waals surface area contributed by atoms with Crippen LogP contribution in [0.5, 0.6) is 0 Å². The minimum Gasteiger partial charge on any atom is -0.369 e. The van der Waals surface area contributed by atoms with Crippen LogP contribution in [-0.4, -0.2) is 48.5 Å². The number of benzene rings is 1. The summed E-state index contributed by atoms with van der Waals surface area (Å²) in [4.78, 5) is 32.9. The molecular formula is C25H35ClN4O2. The van der Waals surface area contributed by atoms with Gasteiger partial charge in [-0.3, -0.25) is 9.59 Å². The summed E-state index contributed by atoms with van der Waals surface area (Å²) in [5.41, 5.74) is 3.72. The number of hydrogen-bond donors (Lipinski definition) is 2. The van der Waals surface area contributed by atoms with Gasteiger partial charge >= 0.3 is 0 Å². The number of nitrogens with zero attached hydrogens (tertiary/aromatic N) is 2. The van der Waals surface area contributed by atoms with E-state index in [1.807, 2.05) is 19.9 Å². The van der Waals surface area contributed by atoms with Crippen molar-refractivity contribution in [1.82, 2.24) is 15.2 Å². The van der Waals surface area contributed by atoms with Gasteiger partial charge in [0.25, 0.3) is 5.91 Å². The van der Waals surface area contributed by atoms with Crippen molar-refractivity contribution in [2.24, 2.45) is 0 Å². The number of hydrogen-bond acceptors (Lipinski definition) is 4. The van der Waals surface area contributed by atoms with Crippen LogP contribution in [0.15, 0.2) is 29.2 Å². The van der Waals surface area contributed by atoms with Crippen LogP contribution in [0.1, 0.15) is 59.8 Å². The Morgan fingerprint density at radius 3 is 2.38 bits per heavy atom. The van der Waals surface area contributed by atoms with E-state index in [0.717, 1.165) is 36.3 Å². The van der Waals surface area contributed by atoms with Crippen LogP contribution in [-0.2, 0) is 6.54 Å². The number of amides is 1. The number of H-pyrrole nitrogens is 1. The second-order valence-electron chi connectivity index (χ2n) is 9.00. The van der Waals surface area contributed by atoms with Crippen LogP contribution in [0.4, 0.5) is 5.69 Å². The number of rotatable bonds is 7. The van der Waals surface area contributed by atoms with Crippen molar-refractivity contribution in [3.05, 3.63) is 62.0 Å². The molecule has 174 valence electrons. The van der Waals surface area contributed by atoms with E-state index in [-0.39, 0.29) is 17.9 Å². The monoisotopic (exact) mass is 458 g/mol. The van der Waals surface area contributed by atoms with E-state index in [1.54, 1.807) is 12.3 Å². The first-order valence-corrected chi connectivity index (χ1v) is 11.8. The highest BCUT2D eigenvalue weighted by molar-refractivity contribution is 6.31.